The Kier molecular flexibility index (Phi) is 5.40. The molecule has 0 spiro atoms. The second-order valence-electron chi connectivity index (χ2n) is 3.44. The zero-order valence-corrected chi connectivity index (χ0v) is 10.5. The predicted octanol–water partition coefficient (Wildman–Crippen LogP) is 0.764. The van der Waals surface area contributed by atoms with Gasteiger partial charge in [0.15, 0.2) is 5.12 Å². The van der Waals surface area contributed by atoms with E-state index in [4.69, 9.17) is 4.74 Å². The van der Waals surface area contributed by atoms with Crippen LogP contribution in [0, 0.1) is 0 Å². The zero-order valence-electron chi connectivity index (χ0n) is 9.66. The monoisotopic (exact) mass is 257 g/mol. The first-order valence-corrected chi connectivity index (χ1v) is 6.02. The number of aliphatic hydroxyl groups excluding tert-OH is 2. The van der Waals surface area contributed by atoms with Crippen molar-refractivity contribution >= 4 is 16.9 Å². The standard InChI is InChI=1S/C11H15NO4S/c1-7(13)17-6-10(14)11(15)9-4-3-8(16-2)5-12-9/h3-5,10-11,14-15H,6H2,1-2H3. The van der Waals surface area contributed by atoms with Crippen LogP contribution in [0.4, 0.5) is 0 Å². The van der Waals surface area contributed by atoms with E-state index < -0.39 is 12.2 Å². The number of aliphatic hydroxyl groups is 2. The average molecular weight is 257 g/mol. The first-order chi connectivity index (χ1) is 8.04. The van der Waals surface area contributed by atoms with Gasteiger partial charge in [-0.1, -0.05) is 11.8 Å². The van der Waals surface area contributed by atoms with Crippen molar-refractivity contribution in [2.45, 2.75) is 19.1 Å². The summed E-state index contributed by atoms with van der Waals surface area (Å²) in [6.07, 6.45) is -0.666. The molecule has 5 nitrogen and oxygen atoms in total. The summed E-state index contributed by atoms with van der Waals surface area (Å²) in [6.45, 7) is 1.41. The SMILES string of the molecule is COc1ccc(C(O)C(O)CSC(C)=O)nc1. The first kappa shape index (κ1) is 14.0. The Morgan fingerprint density at radius 3 is 2.71 bits per heavy atom. The molecule has 0 saturated heterocycles. The maximum absolute atomic E-state index is 10.7. The average Bonchev–Trinajstić information content (AvgIpc) is 2.35. The van der Waals surface area contributed by atoms with Crippen LogP contribution in [-0.4, -0.2) is 39.3 Å². The minimum absolute atomic E-state index is 0.0982. The van der Waals surface area contributed by atoms with E-state index in [9.17, 15) is 15.0 Å². The van der Waals surface area contributed by atoms with Gasteiger partial charge in [0.2, 0.25) is 0 Å². The molecule has 0 saturated carbocycles. The number of hydrogen-bond donors (Lipinski definition) is 2. The second kappa shape index (κ2) is 6.58. The van der Waals surface area contributed by atoms with Crippen molar-refractivity contribution in [2.24, 2.45) is 0 Å². The molecule has 0 bridgehead atoms. The fourth-order valence-corrected chi connectivity index (χ4v) is 1.77. The fourth-order valence-electron chi connectivity index (χ4n) is 1.18. The van der Waals surface area contributed by atoms with E-state index in [0.717, 1.165) is 11.8 Å². The maximum atomic E-state index is 10.7. The van der Waals surface area contributed by atoms with E-state index in [1.807, 2.05) is 0 Å². The highest BCUT2D eigenvalue weighted by Crippen LogP contribution is 2.20. The Balaban J connectivity index is 2.60. The third-order valence-electron chi connectivity index (χ3n) is 2.12. The topological polar surface area (TPSA) is 79.6 Å². The number of pyridine rings is 1. The van der Waals surface area contributed by atoms with E-state index >= 15 is 0 Å². The maximum Gasteiger partial charge on any atom is 0.185 e. The van der Waals surface area contributed by atoms with E-state index in [0.29, 0.717) is 11.4 Å². The second-order valence-corrected chi connectivity index (χ2v) is 4.63. The minimum Gasteiger partial charge on any atom is -0.495 e. The molecule has 0 radical (unpaired) electrons. The lowest BCUT2D eigenvalue weighted by Crippen LogP contribution is -2.22. The molecule has 2 N–H and O–H groups in total. The van der Waals surface area contributed by atoms with Crippen molar-refractivity contribution in [1.82, 2.24) is 4.98 Å². The Morgan fingerprint density at radius 1 is 1.53 bits per heavy atom. The van der Waals surface area contributed by atoms with Crippen LogP contribution in [0.1, 0.15) is 18.7 Å². The lowest BCUT2D eigenvalue weighted by atomic mass is 10.1. The number of carbonyl (C=O) groups excluding carboxylic acids is 1. The van der Waals surface area contributed by atoms with Gasteiger partial charge in [-0.25, -0.2) is 0 Å². The lowest BCUT2D eigenvalue weighted by molar-refractivity contribution is -0.109. The molecule has 17 heavy (non-hydrogen) atoms. The van der Waals surface area contributed by atoms with Crippen molar-refractivity contribution < 1.29 is 19.7 Å². The van der Waals surface area contributed by atoms with Crippen LogP contribution < -0.4 is 4.74 Å². The molecule has 94 valence electrons. The molecule has 0 aliphatic rings. The van der Waals surface area contributed by atoms with Crippen molar-refractivity contribution in [3.63, 3.8) is 0 Å². The van der Waals surface area contributed by atoms with E-state index in [2.05, 4.69) is 4.98 Å². The predicted molar refractivity (Wildman–Crippen MR) is 64.9 cm³/mol. The quantitative estimate of drug-likeness (QED) is 0.811. The molecule has 0 aliphatic carbocycles. The Labute approximate surface area is 104 Å². The van der Waals surface area contributed by atoms with Gasteiger partial charge in [0.05, 0.1) is 25.1 Å². The molecule has 2 unspecified atom stereocenters. The molecular formula is C11H15NO4S. The van der Waals surface area contributed by atoms with Crippen molar-refractivity contribution in [2.75, 3.05) is 12.9 Å². The number of aromatic nitrogens is 1. The van der Waals surface area contributed by atoms with Crippen molar-refractivity contribution in [3.8, 4) is 5.75 Å². The molecule has 1 rings (SSSR count). The number of methoxy groups -OCH3 is 1. The third-order valence-corrected chi connectivity index (χ3v) is 3.03. The van der Waals surface area contributed by atoms with Crippen molar-refractivity contribution in [1.29, 1.82) is 0 Å². The molecule has 6 heteroatoms. The highest BCUT2D eigenvalue weighted by Gasteiger charge is 2.20. The smallest absolute Gasteiger partial charge is 0.185 e. The molecule has 0 amide bonds. The Morgan fingerprint density at radius 2 is 2.24 bits per heavy atom. The van der Waals surface area contributed by atoms with Crippen LogP contribution in [0.15, 0.2) is 18.3 Å². The van der Waals surface area contributed by atoms with Gasteiger partial charge in [0.1, 0.15) is 11.9 Å². The van der Waals surface area contributed by atoms with Gasteiger partial charge in [-0.05, 0) is 12.1 Å². The van der Waals surface area contributed by atoms with Crippen LogP contribution in [-0.2, 0) is 4.79 Å². The van der Waals surface area contributed by atoms with E-state index in [-0.39, 0.29) is 10.9 Å². The highest BCUT2D eigenvalue weighted by molar-refractivity contribution is 8.13. The van der Waals surface area contributed by atoms with Gasteiger partial charge in [-0.3, -0.25) is 9.78 Å². The molecule has 1 aromatic heterocycles. The lowest BCUT2D eigenvalue weighted by Gasteiger charge is -2.16. The molecule has 2 atom stereocenters. The summed E-state index contributed by atoms with van der Waals surface area (Å²) in [7, 11) is 1.52. The third kappa shape index (κ3) is 4.33. The summed E-state index contributed by atoms with van der Waals surface area (Å²) < 4.78 is 4.93. The number of ether oxygens (including phenoxy) is 1. The van der Waals surface area contributed by atoms with E-state index in [1.165, 1.54) is 20.2 Å². The van der Waals surface area contributed by atoms with Gasteiger partial charge < -0.3 is 14.9 Å². The van der Waals surface area contributed by atoms with Gasteiger partial charge in [-0.15, -0.1) is 0 Å². The number of nitrogens with zero attached hydrogens (tertiary/aromatic N) is 1. The van der Waals surface area contributed by atoms with Gasteiger partial charge in [0.25, 0.3) is 0 Å². The fraction of sp³-hybridized carbons (Fsp3) is 0.455. The summed E-state index contributed by atoms with van der Waals surface area (Å²) in [4.78, 5) is 14.7. The first-order valence-electron chi connectivity index (χ1n) is 5.04. The van der Waals surface area contributed by atoms with Gasteiger partial charge >= 0.3 is 0 Å². The van der Waals surface area contributed by atoms with Crippen molar-refractivity contribution in [3.05, 3.63) is 24.0 Å². The van der Waals surface area contributed by atoms with Crippen LogP contribution in [0.3, 0.4) is 0 Å². The number of hydrogen-bond acceptors (Lipinski definition) is 6. The molecule has 1 aromatic rings. The Hall–Kier alpha value is -1.11. The van der Waals surface area contributed by atoms with Gasteiger partial charge in [0, 0.05) is 12.7 Å². The molecular weight excluding hydrogens is 242 g/mol. The zero-order chi connectivity index (χ0) is 12.8. The van der Waals surface area contributed by atoms with Gasteiger partial charge in [-0.2, -0.15) is 0 Å². The summed E-state index contributed by atoms with van der Waals surface area (Å²) in [5.41, 5.74) is 0.349. The molecule has 0 fully saturated rings. The largest absolute Gasteiger partial charge is 0.495 e. The van der Waals surface area contributed by atoms with E-state index in [1.54, 1.807) is 12.1 Å². The summed E-state index contributed by atoms with van der Waals surface area (Å²) in [5.74, 6) is 0.720. The minimum atomic E-state index is -1.10. The normalized spacial score (nSPS) is 14.1. The summed E-state index contributed by atoms with van der Waals surface area (Å²) in [5, 5.41) is 19.3. The summed E-state index contributed by atoms with van der Waals surface area (Å²) >= 11 is 0.969. The summed E-state index contributed by atoms with van der Waals surface area (Å²) in [6, 6.07) is 3.22. The number of carbonyl (C=O) groups is 1. The Bertz CT molecular complexity index is 368. The highest BCUT2D eigenvalue weighted by atomic mass is 32.2. The number of thioether (sulfide) groups is 1. The van der Waals surface area contributed by atoms with Crippen LogP contribution in [0.25, 0.3) is 0 Å². The van der Waals surface area contributed by atoms with Crippen LogP contribution >= 0.6 is 11.8 Å². The number of rotatable bonds is 5. The molecule has 0 aromatic carbocycles. The van der Waals surface area contributed by atoms with Crippen LogP contribution in [0.5, 0.6) is 5.75 Å². The van der Waals surface area contributed by atoms with Crippen LogP contribution in [0.2, 0.25) is 0 Å². The molecule has 1 heterocycles. The molecule has 0 aliphatic heterocycles.